The zero-order chi connectivity index (χ0) is 13.1. The number of benzene rings is 1. The minimum absolute atomic E-state index is 0.0596. The van der Waals surface area contributed by atoms with Crippen LogP contribution in [-0.4, -0.2) is 12.7 Å². The molecule has 0 amide bonds. The number of halogens is 5. The molecule has 0 aliphatic heterocycles. The number of nitriles is 1. The van der Waals surface area contributed by atoms with E-state index in [1.807, 2.05) is 5.32 Å². The molecule has 0 saturated carbocycles. The molecule has 1 N–H and O–H groups in total. The van der Waals surface area contributed by atoms with Crippen molar-refractivity contribution in [2.75, 3.05) is 6.54 Å². The number of alkyl halides is 3. The lowest BCUT2D eigenvalue weighted by Gasteiger charge is -2.13. The van der Waals surface area contributed by atoms with Crippen LogP contribution in [-0.2, 0) is 0 Å². The van der Waals surface area contributed by atoms with Gasteiger partial charge in [0.15, 0.2) is 11.6 Å². The van der Waals surface area contributed by atoms with Crippen LogP contribution in [0.2, 0.25) is 0 Å². The number of hydrogen-bond donors (Lipinski definition) is 1. The van der Waals surface area contributed by atoms with Gasteiger partial charge in [-0.2, -0.15) is 18.4 Å². The maximum atomic E-state index is 12.8. The fourth-order valence-electron chi connectivity index (χ4n) is 1.15. The van der Waals surface area contributed by atoms with Crippen molar-refractivity contribution in [3.8, 4) is 6.07 Å². The summed E-state index contributed by atoms with van der Waals surface area (Å²) in [5.74, 6) is -2.34. The predicted molar refractivity (Wildman–Crippen MR) is 48.8 cm³/mol. The van der Waals surface area contributed by atoms with Gasteiger partial charge < -0.3 is 0 Å². The molecule has 0 saturated heterocycles. The third-order valence-electron chi connectivity index (χ3n) is 1.91. The first-order valence-electron chi connectivity index (χ1n) is 4.48. The van der Waals surface area contributed by atoms with Crippen LogP contribution in [0.25, 0.3) is 0 Å². The van der Waals surface area contributed by atoms with E-state index < -0.39 is 30.4 Å². The highest BCUT2D eigenvalue weighted by Gasteiger charge is 2.28. The number of rotatable bonds is 3. The quantitative estimate of drug-likeness (QED) is 0.837. The van der Waals surface area contributed by atoms with Crippen molar-refractivity contribution in [3.05, 3.63) is 35.4 Å². The second-order valence-corrected chi connectivity index (χ2v) is 3.23. The molecule has 0 aliphatic carbocycles. The van der Waals surface area contributed by atoms with Crippen molar-refractivity contribution in [2.24, 2.45) is 0 Å². The smallest absolute Gasteiger partial charge is 0.290 e. The predicted octanol–water partition coefficient (Wildman–Crippen LogP) is 2.68. The van der Waals surface area contributed by atoms with E-state index in [4.69, 9.17) is 5.26 Å². The Balaban J connectivity index is 2.81. The van der Waals surface area contributed by atoms with E-state index in [1.165, 1.54) is 6.07 Å². The molecule has 1 rings (SSSR count). The van der Waals surface area contributed by atoms with Crippen molar-refractivity contribution < 1.29 is 22.0 Å². The molecule has 1 atom stereocenters. The zero-order valence-electron chi connectivity index (χ0n) is 8.35. The third-order valence-corrected chi connectivity index (χ3v) is 1.91. The van der Waals surface area contributed by atoms with Crippen LogP contribution in [0.1, 0.15) is 11.6 Å². The fourth-order valence-corrected chi connectivity index (χ4v) is 1.15. The Hall–Kier alpha value is -1.68. The Kier molecular flexibility index (Phi) is 4.02. The van der Waals surface area contributed by atoms with Crippen molar-refractivity contribution in [1.29, 1.82) is 5.26 Å². The van der Waals surface area contributed by atoms with Gasteiger partial charge >= 0.3 is 6.18 Å². The highest BCUT2D eigenvalue weighted by molar-refractivity contribution is 5.25. The molecule has 0 aromatic heterocycles. The Morgan fingerprint density at radius 3 is 2.35 bits per heavy atom. The van der Waals surface area contributed by atoms with Gasteiger partial charge in [0.25, 0.3) is 0 Å². The van der Waals surface area contributed by atoms with Crippen molar-refractivity contribution in [2.45, 2.75) is 12.2 Å². The lowest BCUT2D eigenvalue weighted by molar-refractivity contribution is -0.125. The van der Waals surface area contributed by atoms with Gasteiger partial charge in [-0.3, -0.25) is 5.32 Å². The van der Waals surface area contributed by atoms with Gasteiger partial charge in [0.2, 0.25) is 0 Å². The summed E-state index contributed by atoms with van der Waals surface area (Å²) >= 11 is 0. The molecule has 92 valence electrons. The molecule has 0 bridgehead atoms. The second-order valence-electron chi connectivity index (χ2n) is 3.23. The first-order valence-corrected chi connectivity index (χ1v) is 4.48. The Bertz CT molecular complexity index is 435. The minimum Gasteiger partial charge on any atom is -0.290 e. The number of nitrogens with zero attached hydrogens (tertiary/aromatic N) is 1. The third kappa shape index (κ3) is 4.00. The van der Waals surface area contributed by atoms with Gasteiger partial charge in [0.1, 0.15) is 6.04 Å². The van der Waals surface area contributed by atoms with Crippen LogP contribution in [0, 0.1) is 23.0 Å². The molecule has 0 aliphatic rings. The molecule has 1 unspecified atom stereocenters. The molecular weight excluding hydrogens is 243 g/mol. The van der Waals surface area contributed by atoms with E-state index in [0.29, 0.717) is 6.07 Å². The van der Waals surface area contributed by atoms with Crippen molar-refractivity contribution >= 4 is 0 Å². The van der Waals surface area contributed by atoms with E-state index >= 15 is 0 Å². The Morgan fingerprint density at radius 1 is 1.24 bits per heavy atom. The first kappa shape index (κ1) is 13.4. The molecule has 1 aromatic carbocycles. The van der Waals surface area contributed by atoms with Gasteiger partial charge in [-0.25, -0.2) is 8.78 Å². The fraction of sp³-hybridized carbons (Fsp3) is 0.300. The standard InChI is InChI=1S/C10H7F5N2/c11-7-2-1-6(3-8(7)12)9(4-16)17-5-10(13,14)15/h1-3,9,17H,5H2. The zero-order valence-corrected chi connectivity index (χ0v) is 8.35. The van der Waals surface area contributed by atoms with Crippen LogP contribution < -0.4 is 5.32 Å². The lowest BCUT2D eigenvalue weighted by Crippen LogP contribution is -2.31. The molecular formula is C10H7F5N2. The van der Waals surface area contributed by atoms with Gasteiger partial charge in [0, 0.05) is 0 Å². The van der Waals surface area contributed by atoms with Gasteiger partial charge in [-0.15, -0.1) is 0 Å². The highest BCUT2D eigenvalue weighted by atomic mass is 19.4. The molecule has 7 heteroatoms. The van der Waals surface area contributed by atoms with Crippen LogP contribution in [0.5, 0.6) is 0 Å². The molecule has 2 nitrogen and oxygen atoms in total. The van der Waals surface area contributed by atoms with Gasteiger partial charge in [-0.1, -0.05) is 6.07 Å². The summed E-state index contributed by atoms with van der Waals surface area (Å²) in [4.78, 5) is 0. The Labute approximate surface area is 93.7 Å². The van der Waals surface area contributed by atoms with Gasteiger partial charge in [-0.05, 0) is 17.7 Å². The van der Waals surface area contributed by atoms with Crippen LogP contribution in [0.3, 0.4) is 0 Å². The van der Waals surface area contributed by atoms with Crippen LogP contribution in [0.15, 0.2) is 18.2 Å². The molecule has 0 fully saturated rings. The lowest BCUT2D eigenvalue weighted by atomic mass is 10.1. The number of hydrogen-bond acceptors (Lipinski definition) is 2. The van der Waals surface area contributed by atoms with E-state index in [2.05, 4.69) is 0 Å². The number of nitrogens with one attached hydrogen (secondary N) is 1. The summed E-state index contributed by atoms with van der Waals surface area (Å²) < 4.78 is 61.1. The summed E-state index contributed by atoms with van der Waals surface area (Å²) in [6, 6.07) is 2.69. The highest BCUT2D eigenvalue weighted by Crippen LogP contribution is 2.18. The van der Waals surface area contributed by atoms with E-state index in [-0.39, 0.29) is 5.56 Å². The summed E-state index contributed by atoms with van der Waals surface area (Å²) in [6.07, 6.45) is -4.48. The Morgan fingerprint density at radius 2 is 1.88 bits per heavy atom. The summed E-state index contributed by atoms with van der Waals surface area (Å²) in [5, 5.41) is 10.5. The minimum atomic E-state index is -4.48. The summed E-state index contributed by atoms with van der Waals surface area (Å²) in [5.41, 5.74) is -0.0596. The normalized spacial score (nSPS) is 13.2. The summed E-state index contributed by atoms with van der Waals surface area (Å²) in [7, 11) is 0. The average molecular weight is 250 g/mol. The largest absolute Gasteiger partial charge is 0.401 e. The van der Waals surface area contributed by atoms with Crippen molar-refractivity contribution in [3.63, 3.8) is 0 Å². The second kappa shape index (κ2) is 5.10. The van der Waals surface area contributed by atoms with Gasteiger partial charge in [0.05, 0.1) is 12.6 Å². The summed E-state index contributed by atoms with van der Waals surface area (Å²) in [6.45, 7) is -1.38. The molecule has 17 heavy (non-hydrogen) atoms. The van der Waals surface area contributed by atoms with Crippen molar-refractivity contribution in [1.82, 2.24) is 5.32 Å². The molecule has 1 aromatic rings. The maximum absolute atomic E-state index is 12.8. The topological polar surface area (TPSA) is 35.8 Å². The average Bonchev–Trinajstić information content (AvgIpc) is 2.22. The molecule has 0 spiro atoms. The van der Waals surface area contributed by atoms with E-state index in [9.17, 15) is 22.0 Å². The molecule has 0 radical (unpaired) electrons. The SMILES string of the molecule is N#CC(NCC(F)(F)F)c1ccc(F)c(F)c1. The molecule has 0 heterocycles. The maximum Gasteiger partial charge on any atom is 0.401 e. The van der Waals surface area contributed by atoms with E-state index in [1.54, 1.807) is 0 Å². The first-order chi connectivity index (χ1) is 7.83. The van der Waals surface area contributed by atoms with Crippen LogP contribution in [0.4, 0.5) is 22.0 Å². The monoisotopic (exact) mass is 250 g/mol. The van der Waals surface area contributed by atoms with Crippen LogP contribution >= 0.6 is 0 Å². The van der Waals surface area contributed by atoms with E-state index in [0.717, 1.165) is 12.1 Å².